The molecule has 4 aromatic rings. The van der Waals surface area contributed by atoms with Crippen LogP contribution < -0.4 is 5.56 Å². The smallest absolute Gasteiger partial charge is 0.261 e. The quantitative estimate of drug-likeness (QED) is 0.543. The highest BCUT2D eigenvalue weighted by atomic mass is 79.9. The molecule has 0 saturated carbocycles. The molecule has 7 heteroatoms. The van der Waals surface area contributed by atoms with E-state index in [2.05, 4.69) is 31.1 Å². The Hall–Kier alpha value is -2.80. The first kappa shape index (κ1) is 14.8. The lowest BCUT2D eigenvalue weighted by molar-refractivity contribution is 0.483. The van der Waals surface area contributed by atoms with Crippen molar-refractivity contribution in [1.82, 2.24) is 19.7 Å². The zero-order valence-corrected chi connectivity index (χ0v) is 14.0. The molecule has 4 rings (SSSR count). The van der Waals surface area contributed by atoms with Crippen LogP contribution in [0.15, 0.2) is 68.5 Å². The zero-order valence-electron chi connectivity index (χ0n) is 12.4. The number of rotatable bonds is 3. The molecule has 118 valence electrons. The summed E-state index contributed by atoms with van der Waals surface area (Å²) >= 11 is 3.38. The van der Waals surface area contributed by atoms with Crippen LogP contribution in [-0.2, 0) is 6.54 Å². The first-order valence-corrected chi connectivity index (χ1v) is 8.02. The fourth-order valence-corrected chi connectivity index (χ4v) is 2.66. The monoisotopic (exact) mass is 382 g/mol. The molecule has 0 bridgehead atoms. The molecule has 0 amide bonds. The summed E-state index contributed by atoms with van der Waals surface area (Å²) in [6.45, 7) is 0.181. The van der Waals surface area contributed by atoms with Gasteiger partial charge in [-0.1, -0.05) is 28.1 Å². The van der Waals surface area contributed by atoms with Crippen LogP contribution in [0, 0.1) is 0 Å². The van der Waals surface area contributed by atoms with Crippen LogP contribution in [0.5, 0.6) is 0 Å². The molecule has 6 nitrogen and oxygen atoms in total. The average molecular weight is 383 g/mol. The highest BCUT2D eigenvalue weighted by molar-refractivity contribution is 9.10. The van der Waals surface area contributed by atoms with Gasteiger partial charge in [0, 0.05) is 10.0 Å². The lowest BCUT2D eigenvalue weighted by atomic mass is 10.2. The Bertz CT molecular complexity index is 1070. The standard InChI is InChI=1S/C17H11BrN4O2/c18-12-7-5-11(6-8-12)16-21-20-15(24-16)9-22-10-19-14-4-2-1-3-13(14)17(22)23/h1-8,10H,9H2. The van der Waals surface area contributed by atoms with Crippen molar-refractivity contribution in [2.45, 2.75) is 6.54 Å². The minimum atomic E-state index is -0.135. The Balaban J connectivity index is 1.66. The summed E-state index contributed by atoms with van der Waals surface area (Å²) in [5.41, 5.74) is 1.35. The number of fused-ring (bicyclic) bond motifs is 1. The van der Waals surface area contributed by atoms with Crippen LogP contribution in [-0.4, -0.2) is 19.7 Å². The molecule has 0 saturated heterocycles. The number of halogens is 1. The van der Waals surface area contributed by atoms with Gasteiger partial charge < -0.3 is 4.42 Å². The van der Waals surface area contributed by atoms with Crippen LogP contribution in [0.4, 0.5) is 0 Å². The number of hydrogen-bond donors (Lipinski definition) is 0. The van der Waals surface area contributed by atoms with Gasteiger partial charge in [0.15, 0.2) is 0 Å². The molecule has 0 radical (unpaired) electrons. The molecule has 0 aliphatic heterocycles. The van der Waals surface area contributed by atoms with E-state index in [1.54, 1.807) is 12.1 Å². The van der Waals surface area contributed by atoms with Crippen molar-refractivity contribution < 1.29 is 4.42 Å². The van der Waals surface area contributed by atoms with Crippen molar-refractivity contribution in [2.75, 3.05) is 0 Å². The van der Waals surface area contributed by atoms with E-state index in [0.717, 1.165) is 10.0 Å². The maximum atomic E-state index is 12.5. The van der Waals surface area contributed by atoms with Crippen molar-refractivity contribution in [2.24, 2.45) is 0 Å². The largest absolute Gasteiger partial charge is 0.419 e. The van der Waals surface area contributed by atoms with Crippen molar-refractivity contribution >= 4 is 26.8 Å². The normalized spacial score (nSPS) is 11.0. The van der Waals surface area contributed by atoms with Crippen molar-refractivity contribution in [3.8, 4) is 11.5 Å². The van der Waals surface area contributed by atoms with E-state index in [1.807, 2.05) is 36.4 Å². The summed E-state index contributed by atoms with van der Waals surface area (Å²) in [6, 6.07) is 14.8. The van der Waals surface area contributed by atoms with Gasteiger partial charge in [-0.3, -0.25) is 9.36 Å². The van der Waals surface area contributed by atoms with Crippen molar-refractivity contribution in [1.29, 1.82) is 0 Å². The van der Waals surface area contributed by atoms with E-state index in [9.17, 15) is 4.79 Å². The third kappa shape index (κ3) is 2.74. The SMILES string of the molecule is O=c1c2ccccc2ncn1Cc1nnc(-c2ccc(Br)cc2)o1. The molecular weight excluding hydrogens is 372 g/mol. The fourth-order valence-electron chi connectivity index (χ4n) is 2.39. The topological polar surface area (TPSA) is 73.8 Å². The second-order valence-electron chi connectivity index (χ2n) is 5.20. The minimum Gasteiger partial charge on any atom is -0.419 e. The van der Waals surface area contributed by atoms with E-state index < -0.39 is 0 Å². The Labute approximate surface area is 144 Å². The van der Waals surface area contributed by atoms with Crippen LogP contribution in [0.2, 0.25) is 0 Å². The first-order valence-electron chi connectivity index (χ1n) is 7.23. The third-order valence-electron chi connectivity index (χ3n) is 3.60. The Morgan fingerprint density at radius 2 is 1.83 bits per heavy atom. The lowest BCUT2D eigenvalue weighted by Crippen LogP contribution is -2.21. The Morgan fingerprint density at radius 3 is 2.67 bits per heavy atom. The Kier molecular flexibility index (Phi) is 3.70. The maximum absolute atomic E-state index is 12.5. The van der Waals surface area contributed by atoms with E-state index in [0.29, 0.717) is 22.7 Å². The number of aromatic nitrogens is 4. The molecule has 0 N–H and O–H groups in total. The Morgan fingerprint density at radius 1 is 1.04 bits per heavy atom. The highest BCUT2D eigenvalue weighted by Gasteiger charge is 2.11. The molecule has 0 fully saturated rings. The maximum Gasteiger partial charge on any atom is 0.261 e. The van der Waals surface area contributed by atoms with Crippen LogP contribution in [0.3, 0.4) is 0 Å². The van der Waals surface area contributed by atoms with E-state index in [4.69, 9.17) is 4.42 Å². The van der Waals surface area contributed by atoms with Crippen molar-refractivity contribution in [3.63, 3.8) is 0 Å². The molecule has 0 unspecified atom stereocenters. The van der Waals surface area contributed by atoms with Gasteiger partial charge in [-0.2, -0.15) is 0 Å². The van der Waals surface area contributed by atoms with E-state index in [1.165, 1.54) is 10.9 Å². The minimum absolute atomic E-state index is 0.135. The lowest BCUT2D eigenvalue weighted by Gasteiger charge is -2.03. The number of para-hydroxylation sites is 1. The molecule has 0 atom stereocenters. The molecule has 2 heterocycles. The van der Waals surface area contributed by atoms with Crippen LogP contribution >= 0.6 is 15.9 Å². The summed E-state index contributed by atoms with van der Waals surface area (Å²) in [5, 5.41) is 8.61. The summed E-state index contributed by atoms with van der Waals surface area (Å²) in [4.78, 5) is 16.8. The summed E-state index contributed by atoms with van der Waals surface area (Å²) in [6.07, 6.45) is 1.49. The molecule has 2 aromatic carbocycles. The van der Waals surface area contributed by atoms with Gasteiger partial charge in [0.1, 0.15) is 6.54 Å². The summed E-state index contributed by atoms with van der Waals surface area (Å²) < 4.78 is 8.09. The molecule has 0 spiro atoms. The second-order valence-corrected chi connectivity index (χ2v) is 6.12. The third-order valence-corrected chi connectivity index (χ3v) is 4.12. The number of nitrogens with zero attached hydrogens (tertiary/aromatic N) is 4. The van der Waals surface area contributed by atoms with Crippen molar-refractivity contribution in [3.05, 3.63) is 75.6 Å². The predicted molar refractivity (Wildman–Crippen MR) is 92.5 cm³/mol. The predicted octanol–water partition coefficient (Wildman–Crippen LogP) is 3.26. The van der Waals surface area contributed by atoms with Crippen LogP contribution in [0.25, 0.3) is 22.4 Å². The molecular formula is C17H11BrN4O2. The first-order chi connectivity index (χ1) is 11.7. The second kappa shape index (κ2) is 6.01. The van der Waals surface area contributed by atoms with Crippen LogP contribution in [0.1, 0.15) is 5.89 Å². The summed E-state index contributed by atoms with van der Waals surface area (Å²) in [7, 11) is 0. The zero-order chi connectivity index (χ0) is 16.5. The number of benzene rings is 2. The average Bonchev–Trinajstić information content (AvgIpc) is 3.07. The molecule has 0 aliphatic carbocycles. The molecule has 0 aliphatic rings. The van der Waals surface area contributed by atoms with E-state index >= 15 is 0 Å². The van der Waals surface area contributed by atoms with Gasteiger partial charge in [0.05, 0.1) is 17.2 Å². The van der Waals surface area contributed by atoms with Gasteiger partial charge in [0.25, 0.3) is 5.56 Å². The van der Waals surface area contributed by atoms with Gasteiger partial charge >= 0.3 is 0 Å². The van der Waals surface area contributed by atoms with Gasteiger partial charge in [-0.25, -0.2) is 4.98 Å². The molecule has 2 aromatic heterocycles. The van der Waals surface area contributed by atoms with Gasteiger partial charge in [-0.05, 0) is 36.4 Å². The van der Waals surface area contributed by atoms with E-state index in [-0.39, 0.29) is 12.1 Å². The fraction of sp³-hybridized carbons (Fsp3) is 0.0588. The molecule has 24 heavy (non-hydrogen) atoms. The number of hydrogen-bond acceptors (Lipinski definition) is 5. The van der Waals surface area contributed by atoms with Gasteiger partial charge in [0.2, 0.25) is 11.8 Å². The summed E-state index contributed by atoms with van der Waals surface area (Å²) in [5.74, 6) is 0.770. The highest BCUT2D eigenvalue weighted by Crippen LogP contribution is 2.20. The van der Waals surface area contributed by atoms with Gasteiger partial charge in [-0.15, -0.1) is 10.2 Å².